The van der Waals surface area contributed by atoms with Gasteiger partial charge in [-0.3, -0.25) is 9.36 Å². The summed E-state index contributed by atoms with van der Waals surface area (Å²) in [7, 11) is 0. The minimum absolute atomic E-state index is 0.129. The lowest BCUT2D eigenvalue weighted by Gasteiger charge is -2.11. The molecule has 2 heterocycles. The van der Waals surface area contributed by atoms with Gasteiger partial charge in [-0.15, -0.1) is 0 Å². The Morgan fingerprint density at radius 3 is 2.68 bits per heavy atom. The maximum atomic E-state index is 12.7. The van der Waals surface area contributed by atoms with Crippen molar-refractivity contribution in [2.24, 2.45) is 0 Å². The van der Waals surface area contributed by atoms with Crippen molar-refractivity contribution in [1.82, 2.24) is 9.55 Å². The highest BCUT2D eigenvalue weighted by Crippen LogP contribution is 2.23. The molecule has 0 aliphatic heterocycles. The van der Waals surface area contributed by atoms with E-state index in [1.807, 2.05) is 38.1 Å². The smallest absolute Gasteiger partial charge is 0.336 e. The summed E-state index contributed by atoms with van der Waals surface area (Å²) in [5.74, 6) is 0. The maximum Gasteiger partial charge on any atom is 0.336 e. The second-order valence-electron chi connectivity index (χ2n) is 6.17. The summed E-state index contributed by atoms with van der Waals surface area (Å²) in [5, 5.41) is 1.40. The van der Waals surface area contributed by atoms with Crippen LogP contribution in [0.1, 0.15) is 16.7 Å². The van der Waals surface area contributed by atoms with Crippen molar-refractivity contribution in [1.29, 1.82) is 0 Å². The Balaban J connectivity index is 1.92. The van der Waals surface area contributed by atoms with E-state index in [2.05, 4.69) is 4.98 Å². The first-order valence-corrected chi connectivity index (χ1v) is 8.02. The summed E-state index contributed by atoms with van der Waals surface area (Å²) in [6.45, 7) is 4.16. The van der Waals surface area contributed by atoms with Crippen molar-refractivity contribution in [3.63, 3.8) is 0 Å². The van der Waals surface area contributed by atoms with Gasteiger partial charge in [-0.25, -0.2) is 9.78 Å². The zero-order chi connectivity index (χ0) is 17.6. The van der Waals surface area contributed by atoms with Crippen LogP contribution in [0, 0.1) is 13.8 Å². The quantitative estimate of drug-likeness (QED) is 0.529. The number of hydrogen-bond acceptors (Lipinski definition) is 4. The topological polar surface area (TPSA) is 65.1 Å². The number of para-hydroxylation sites is 1. The van der Waals surface area contributed by atoms with E-state index in [0.717, 1.165) is 22.1 Å². The molecule has 2 aromatic heterocycles. The van der Waals surface area contributed by atoms with Crippen LogP contribution in [0.4, 0.5) is 0 Å². The number of benzene rings is 2. The maximum absolute atomic E-state index is 12.7. The minimum Gasteiger partial charge on any atom is -0.422 e. The molecular formula is C20H16N2O3. The molecule has 0 atom stereocenters. The standard InChI is InChI=1S/C20H16N2O3/c1-12-7-8-15-14(9-18(23)25-19(15)13(12)2)10-22-11-21-17-6-4-3-5-16(17)20(22)24/h3-9,11H,10H2,1-2H3. The van der Waals surface area contributed by atoms with E-state index in [0.29, 0.717) is 16.5 Å². The van der Waals surface area contributed by atoms with Crippen LogP contribution in [0.25, 0.3) is 21.9 Å². The fourth-order valence-electron chi connectivity index (χ4n) is 3.06. The van der Waals surface area contributed by atoms with Crippen LogP contribution < -0.4 is 11.2 Å². The average Bonchev–Trinajstić information content (AvgIpc) is 2.61. The van der Waals surface area contributed by atoms with Crippen molar-refractivity contribution in [2.75, 3.05) is 0 Å². The van der Waals surface area contributed by atoms with Gasteiger partial charge in [0.05, 0.1) is 23.8 Å². The van der Waals surface area contributed by atoms with Crippen LogP contribution >= 0.6 is 0 Å². The molecule has 0 unspecified atom stereocenters. The predicted molar refractivity (Wildman–Crippen MR) is 97.1 cm³/mol. The minimum atomic E-state index is -0.419. The lowest BCUT2D eigenvalue weighted by Crippen LogP contribution is -2.21. The lowest BCUT2D eigenvalue weighted by molar-refractivity contribution is 0.554. The Bertz CT molecular complexity index is 1240. The fourth-order valence-corrected chi connectivity index (χ4v) is 3.06. The number of rotatable bonds is 2. The molecule has 0 aliphatic rings. The van der Waals surface area contributed by atoms with Gasteiger partial charge in [0.1, 0.15) is 5.58 Å². The predicted octanol–water partition coefficient (Wildman–Crippen LogP) is 3.17. The first-order chi connectivity index (χ1) is 12.0. The monoisotopic (exact) mass is 332 g/mol. The molecular weight excluding hydrogens is 316 g/mol. The number of aromatic nitrogens is 2. The Hall–Kier alpha value is -3.21. The van der Waals surface area contributed by atoms with Gasteiger partial charge >= 0.3 is 5.63 Å². The van der Waals surface area contributed by atoms with Gasteiger partial charge in [0.25, 0.3) is 5.56 Å². The van der Waals surface area contributed by atoms with Crippen molar-refractivity contribution in [2.45, 2.75) is 20.4 Å². The Kier molecular flexibility index (Phi) is 3.50. The zero-order valence-corrected chi connectivity index (χ0v) is 13.9. The van der Waals surface area contributed by atoms with Gasteiger partial charge in [-0.2, -0.15) is 0 Å². The molecule has 25 heavy (non-hydrogen) atoms. The second-order valence-corrected chi connectivity index (χ2v) is 6.17. The van der Waals surface area contributed by atoms with Crippen molar-refractivity contribution in [3.05, 3.63) is 86.3 Å². The van der Waals surface area contributed by atoms with E-state index < -0.39 is 5.63 Å². The first-order valence-electron chi connectivity index (χ1n) is 8.02. The Morgan fingerprint density at radius 2 is 1.84 bits per heavy atom. The number of nitrogens with zero attached hydrogens (tertiary/aromatic N) is 2. The molecule has 0 aliphatic carbocycles. The molecule has 5 nitrogen and oxygen atoms in total. The molecule has 0 radical (unpaired) electrons. The molecule has 4 aromatic rings. The van der Waals surface area contributed by atoms with Crippen LogP contribution in [0.3, 0.4) is 0 Å². The van der Waals surface area contributed by atoms with Gasteiger partial charge in [-0.05, 0) is 42.7 Å². The third-order valence-electron chi connectivity index (χ3n) is 4.59. The average molecular weight is 332 g/mol. The highest BCUT2D eigenvalue weighted by Gasteiger charge is 2.11. The van der Waals surface area contributed by atoms with Crippen molar-refractivity contribution >= 4 is 21.9 Å². The SMILES string of the molecule is Cc1ccc2c(Cn3cnc4ccccc4c3=O)cc(=O)oc2c1C. The molecule has 4 rings (SSSR count). The summed E-state index contributed by atoms with van der Waals surface area (Å²) in [5.41, 5.74) is 3.41. The number of fused-ring (bicyclic) bond motifs is 2. The third kappa shape index (κ3) is 2.54. The van der Waals surface area contributed by atoms with Gasteiger partial charge in [0.2, 0.25) is 0 Å². The highest BCUT2D eigenvalue weighted by atomic mass is 16.4. The van der Waals surface area contributed by atoms with Gasteiger partial charge in [-0.1, -0.05) is 24.3 Å². The van der Waals surface area contributed by atoms with E-state index in [9.17, 15) is 9.59 Å². The summed E-state index contributed by atoms with van der Waals surface area (Å²) in [6, 6.07) is 12.6. The van der Waals surface area contributed by atoms with Crippen molar-refractivity contribution < 1.29 is 4.42 Å². The summed E-state index contributed by atoms with van der Waals surface area (Å²) in [4.78, 5) is 29.0. The third-order valence-corrected chi connectivity index (χ3v) is 4.59. The molecule has 124 valence electrons. The Morgan fingerprint density at radius 1 is 1.04 bits per heavy atom. The molecule has 5 heteroatoms. The van der Waals surface area contributed by atoms with Crippen LogP contribution in [0.15, 0.2) is 62.8 Å². The van der Waals surface area contributed by atoms with Crippen LogP contribution in [0.5, 0.6) is 0 Å². The van der Waals surface area contributed by atoms with E-state index in [-0.39, 0.29) is 12.1 Å². The van der Waals surface area contributed by atoms with E-state index in [1.54, 1.807) is 12.1 Å². The van der Waals surface area contributed by atoms with Crippen molar-refractivity contribution in [3.8, 4) is 0 Å². The normalized spacial score (nSPS) is 11.3. The molecule has 2 aromatic carbocycles. The van der Waals surface area contributed by atoms with Crippen LogP contribution in [-0.4, -0.2) is 9.55 Å². The van der Waals surface area contributed by atoms with E-state index in [4.69, 9.17) is 4.42 Å². The molecule has 0 N–H and O–H groups in total. The largest absolute Gasteiger partial charge is 0.422 e. The molecule has 0 bridgehead atoms. The zero-order valence-electron chi connectivity index (χ0n) is 13.9. The highest BCUT2D eigenvalue weighted by molar-refractivity contribution is 5.84. The molecule has 0 saturated heterocycles. The number of aryl methyl sites for hydroxylation is 2. The van der Waals surface area contributed by atoms with E-state index in [1.165, 1.54) is 17.0 Å². The molecule has 0 amide bonds. The van der Waals surface area contributed by atoms with Gasteiger partial charge < -0.3 is 4.42 Å². The number of hydrogen-bond donors (Lipinski definition) is 0. The first kappa shape index (κ1) is 15.3. The molecule has 0 spiro atoms. The van der Waals surface area contributed by atoms with Gasteiger partial charge in [0.15, 0.2) is 0 Å². The Labute approximate surface area is 143 Å². The van der Waals surface area contributed by atoms with Gasteiger partial charge in [0, 0.05) is 11.5 Å². The second kappa shape index (κ2) is 5.70. The van der Waals surface area contributed by atoms with Crippen LogP contribution in [0.2, 0.25) is 0 Å². The van der Waals surface area contributed by atoms with Crippen LogP contribution in [-0.2, 0) is 6.54 Å². The lowest BCUT2D eigenvalue weighted by atomic mass is 10.0. The summed E-state index contributed by atoms with van der Waals surface area (Å²) in [6.07, 6.45) is 1.52. The molecule has 0 fully saturated rings. The fraction of sp³-hybridized carbons (Fsp3) is 0.150. The summed E-state index contributed by atoms with van der Waals surface area (Å²) >= 11 is 0. The van der Waals surface area contributed by atoms with E-state index >= 15 is 0 Å². The summed E-state index contributed by atoms with van der Waals surface area (Å²) < 4.78 is 6.91. The molecule has 0 saturated carbocycles.